The first-order chi connectivity index (χ1) is 13.6. The highest BCUT2D eigenvalue weighted by Gasteiger charge is 2.31. The van der Waals surface area contributed by atoms with Crippen LogP contribution in [0, 0.1) is 17.0 Å². The van der Waals surface area contributed by atoms with Crippen molar-refractivity contribution in [3.63, 3.8) is 0 Å². The molecule has 3 aromatic rings. The molecule has 5 rings (SSSR count). The zero-order valence-electron chi connectivity index (χ0n) is 14.9. The summed E-state index contributed by atoms with van der Waals surface area (Å²) in [5.41, 5.74) is 1.51. The zero-order valence-corrected chi connectivity index (χ0v) is 14.9. The van der Waals surface area contributed by atoms with E-state index in [-0.39, 0.29) is 23.7 Å². The van der Waals surface area contributed by atoms with Gasteiger partial charge in [0.25, 0.3) is 12.3 Å². The summed E-state index contributed by atoms with van der Waals surface area (Å²) >= 11 is 0. The Bertz CT molecular complexity index is 1260. The molecule has 0 radical (unpaired) electrons. The summed E-state index contributed by atoms with van der Waals surface area (Å²) < 4.78 is 14.8. The van der Waals surface area contributed by atoms with E-state index >= 15 is 0 Å². The van der Waals surface area contributed by atoms with Crippen LogP contribution in [0.1, 0.15) is 16.2 Å². The predicted molar refractivity (Wildman–Crippen MR) is 104 cm³/mol. The van der Waals surface area contributed by atoms with Crippen LogP contribution >= 0.6 is 0 Å². The lowest BCUT2D eigenvalue weighted by Crippen LogP contribution is -2.36. The third kappa shape index (κ3) is 2.36. The second kappa shape index (κ2) is 6.03. The molecule has 0 N–H and O–H groups in total. The fourth-order valence-electron chi connectivity index (χ4n) is 4.02. The summed E-state index contributed by atoms with van der Waals surface area (Å²) in [6.45, 7) is 1.59. The minimum absolute atomic E-state index is 0.0145. The van der Waals surface area contributed by atoms with Crippen LogP contribution < -0.4 is 10.5 Å². The fraction of sp³-hybridized carbons (Fsp3) is 0.200. The summed E-state index contributed by atoms with van der Waals surface area (Å²) in [6.07, 6.45) is 1.59. The van der Waals surface area contributed by atoms with E-state index in [0.717, 1.165) is 37.5 Å². The molecule has 2 aliphatic rings. The molecule has 1 fully saturated rings. The number of carbonyl (C=O) groups excluding carboxylic acids is 1. The van der Waals surface area contributed by atoms with Crippen LogP contribution in [-0.2, 0) is 0 Å². The third-order valence-corrected chi connectivity index (χ3v) is 5.54. The van der Waals surface area contributed by atoms with Gasteiger partial charge in [-0.15, -0.1) is 0 Å². The van der Waals surface area contributed by atoms with Crippen molar-refractivity contribution >= 4 is 29.1 Å². The van der Waals surface area contributed by atoms with Crippen LogP contribution in [0.25, 0.3) is 16.6 Å². The predicted octanol–water partition coefficient (Wildman–Crippen LogP) is 2.45. The Balaban J connectivity index is 1.64. The van der Waals surface area contributed by atoms with E-state index in [1.165, 1.54) is 16.7 Å². The maximum atomic E-state index is 13.6. The summed E-state index contributed by atoms with van der Waals surface area (Å²) in [5.74, 6) is 1.35. The van der Waals surface area contributed by atoms with E-state index in [1.54, 1.807) is 12.1 Å². The van der Waals surface area contributed by atoms with Gasteiger partial charge >= 0.3 is 0 Å². The van der Waals surface area contributed by atoms with Gasteiger partial charge in [-0.25, -0.2) is 14.6 Å². The number of anilines is 1. The average Bonchev–Trinajstić information content (AvgIpc) is 3.00. The van der Waals surface area contributed by atoms with Crippen LogP contribution in [0.3, 0.4) is 0 Å². The number of benzene rings is 2. The largest absolute Gasteiger partial charge is 0.373 e. The Morgan fingerprint density at radius 3 is 2.64 bits per heavy atom. The van der Waals surface area contributed by atoms with Gasteiger partial charge < -0.3 is 4.90 Å². The van der Waals surface area contributed by atoms with Crippen molar-refractivity contribution in [2.45, 2.75) is 12.6 Å². The molecule has 8 heteroatoms. The Hall–Kier alpha value is -3.47. The highest BCUT2D eigenvalue weighted by Crippen LogP contribution is 2.28. The van der Waals surface area contributed by atoms with Crippen LogP contribution in [0.2, 0.25) is 12.6 Å². The monoisotopic (exact) mass is 372 g/mol. The lowest BCUT2D eigenvalue weighted by Gasteiger charge is -2.30. The van der Waals surface area contributed by atoms with Crippen molar-refractivity contribution in [1.82, 2.24) is 9.55 Å². The molecule has 0 spiro atoms. The number of carbonyl (C=O) groups is 1. The Morgan fingerprint density at radius 1 is 1.11 bits per heavy atom. The lowest BCUT2D eigenvalue weighted by molar-refractivity contribution is 0.103. The van der Waals surface area contributed by atoms with Gasteiger partial charge in [0.15, 0.2) is 5.82 Å². The van der Waals surface area contributed by atoms with E-state index < -0.39 is 11.6 Å². The molecule has 2 aliphatic heterocycles. The molecule has 0 aliphatic carbocycles. The minimum Gasteiger partial charge on any atom is -0.373 e. The van der Waals surface area contributed by atoms with E-state index in [9.17, 15) is 14.0 Å². The van der Waals surface area contributed by atoms with Crippen molar-refractivity contribution in [3.8, 4) is 11.7 Å². The molecule has 0 saturated carbocycles. The fourth-order valence-corrected chi connectivity index (χ4v) is 4.02. The molecule has 0 bridgehead atoms. The number of ketones is 1. The highest BCUT2D eigenvalue weighted by atomic mass is 19.1. The van der Waals surface area contributed by atoms with Gasteiger partial charge in [-0.1, -0.05) is 0 Å². The van der Waals surface area contributed by atoms with Gasteiger partial charge in [0.2, 0.25) is 5.78 Å². The smallest absolute Gasteiger partial charge is 0.271 e. The number of halogens is 1. The van der Waals surface area contributed by atoms with Gasteiger partial charge in [0.05, 0.1) is 22.2 Å². The summed E-state index contributed by atoms with van der Waals surface area (Å²) in [4.78, 5) is 32.3. The van der Waals surface area contributed by atoms with E-state index in [0.29, 0.717) is 16.6 Å². The summed E-state index contributed by atoms with van der Waals surface area (Å²) in [7, 11) is 0. The first-order valence-corrected chi connectivity index (χ1v) is 9.13. The Labute approximate surface area is 159 Å². The standard InChI is InChI=1S/C20H14BFN4O2/c22-12-1-4-17-15(9-12)18(27)19-24-16-3-2-13(10-14(16)20(28)26(17)19)25-7-5-21(11-23)6-8-25/h1-4,9-10H,5-8H2. The van der Waals surface area contributed by atoms with Crippen LogP contribution in [0.4, 0.5) is 10.1 Å². The van der Waals surface area contributed by atoms with Gasteiger partial charge in [-0.3, -0.25) is 14.2 Å². The van der Waals surface area contributed by atoms with Gasteiger partial charge in [0, 0.05) is 24.7 Å². The summed E-state index contributed by atoms with van der Waals surface area (Å²) in [5, 5.41) is 9.47. The highest BCUT2D eigenvalue weighted by molar-refractivity contribution is 6.67. The van der Waals surface area contributed by atoms with Crippen LogP contribution in [-0.4, -0.2) is 35.1 Å². The third-order valence-electron chi connectivity index (χ3n) is 5.54. The quantitative estimate of drug-likeness (QED) is 0.480. The van der Waals surface area contributed by atoms with Crippen molar-refractivity contribution < 1.29 is 9.18 Å². The number of fused-ring (bicyclic) bond motifs is 4. The first kappa shape index (κ1) is 16.7. The van der Waals surface area contributed by atoms with E-state index in [1.807, 2.05) is 6.07 Å². The van der Waals surface area contributed by atoms with Gasteiger partial charge in [-0.05, 0) is 49.0 Å². The van der Waals surface area contributed by atoms with Crippen molar-refractivity contribution in [2.75, 3.05) is 18.0 Å². The summed E-state index contributed by atoms with van der Waals surface area (Å²) in [6, 6.07) is 9.21. The molecule has 2 aromatic carbocycles. The van der Waals surface area contributed by atoms with E-state index in [2.05, 4.69) is 15.9 Å². The minimum atomic E-state index is -0.527. The van der Waals surface area contributed by atoms with E-state index in [4.69, 9.17) is 5.26 Å². The van der Waals surface area contributed by atoms with Crippen LogP contribution in [0.15, 0.2) is 41.2 Å². The van der Waals surface area contributed by atoms with Crippen molar-refractivity contribution in [1.29, 1.82) is 5.26 Å². The molecule has 1 saturated heterocycles. The molecular formula is C20H14BFN4O2. The number of aromatic nitrogens is 2. The van der Waals surface area contributed by atoms with Crippen molar-refractivity contribution in [2.24, 2.45) is 0 Å². The maximum Gasteiger partial charge on any atom is 0.271 e. The second-order valence-corrected chi connectivity index (χ2v) is 7.16. The number of hydrogen-bond acceptors (Lipinski definition) is 5. The molecule has 0 atom stereocenters. The number of nitriles is 1. The number of hydrogen-bond donors (Lipinski definition) is 0. The molecule has 0 amide bonds. The van der Waals surface area contributed by atoms with Gasteiger partial charge in [0.1, 0.15) is 5.82 Å². The van der Waals surface area contributed by atoms with Gasteiger partial charge in [-0.2, -0.15) is 0 Å². The number of nitrogens with zero attached hydrogens (tertiary/aromatic N) is 4. The molecule has 28 heavy (non-hydrogen) atoms. The zero-order chi connectivity index (χ0) is 19.4. The lowest BCUT2D eigenvalue weighted by atomic mass is 9.45. The number of rotatable bonds is 1. The Morgan fingerprint density at radius 2 is 1.89 bits per heavy atom. The first-order valence-electron chi connectivity index (χ1n) is 9.13. The average molecular weight is 372 g/mol. The molecular weight excluding hydrogens is 358 g/mol. The van der Waals surface area contributed by atoms with Crippen molar-refractivity contribution in [3.05, 3.63) is 64.0 Å². The maximum absolute atomic E-state index is 13.6. The molecule has 0 unspecified atom stereocenters. The molecule has 1 aromatic heterocycles. The molecule has 6 nitrogen and oxygen atoms in total. The topological polar surface area (TPSA) is 79.0 Å². The SMILES string of the molecule is N#CB1CCN(c2ccc3nc4n(c(=O)c3c2)-c2ccc(F)cc2C4=O)CC1. The normalized spacial score (nSPS) is 15.5. The molecule has 3 heterocycles. The Kier molecular flexibility index (Phi) is 3.59. The van der Waals surface area contributed by atoms with Crippen LogP contribution in [0.5, 0.6) is 0 Å². The second-order valence-electron chi connectivity index (χ2n) is 7.16. The molecule has 136 valence electrons.